The van der Waals surface area contributed by atoms with Gasteiger partial charge in [0, 0.05) is 60.2 Å². The van der Waals surface area contributed by atoms with Crippen LogP contribution in [0.5, 0.6) is 0 Å². The van der Waals surface area contributed by atoms with Gasteiger partial charge in [-0.05, 0) is 64.0 Å². The molecule has 1 amide bonds. The van der Waals surface area contributed by atoms with Gasteiger partial charge in [-0.25, -0.2) is 0 Å². The largest absolute Gasteiger partial charge is 0.399 e. The lowest BCUT2D eigenvalue weighted by atomic mass is 9.96. The average molecular weight is 591 g/mol. The summed E-state index contributed by atoms with van der Waals surface area (Å²) in [5.74, 6) is -0.0508. The fourth-order valence-electron chi connectivity index (χ4n) is 4.14. The predicted octanol–water partition coefficient (Wildman–Crippen LogP) is 6.01. The van der Waals surface area contributed by atoms with Crippen LogP contribution in [0.2, 0.25) is 0 Å². The van der Waals surface area contributed by atoms with Crippen molar-refractivity contribution in [1.82, 2.24) is 10.3 Å². The maximum Gasteiger partial charge on any atom is 0.223 e. The van der Waals surface area contributed by atoms with Crippen molar-refractivity contribution in [3.05, 3.63) is 70.1 Å². The number of fused-ring (bicyclic) bond motifs is 1. The van der Waals surface area contributed by atoms with Crippen LogP contribution in [-0.4, -0.2) is 30.5 Å². The van der Waals surface area contributed by atoms with Crippen molar-refractivity contribution in [1.29, 1.82) is 5.26 Å². The van der Waals surface area contributed by atoms with E-state index in [1.54, 1.807) is 18.1 Å². The molecule has 1 aromatic heterocycles. The van der Waals surface area contributed by atoms with Gasteiger partial charge in [0.2, 0.25) is 5.91 Å². The molecule has 1 saturated carbocycles. The molecule has 1 heterocycles. The molecule has 1 fully saturated rings. The van der Waals surface area contributed by atoms with Gasteiger partial charge in [0.1, 0.15) is 6.07 Å². The van der Waals surface area contributed by atoms with Crippen LogP contribution in [0.25, 0.3) is 10.9 Å². The normalized spacial score (nSPS) is 14.4. The minimum atomic E-state index is -0.376. The minimum Gasteiger partial charge on any atom is -0.399 e. The van der Waals surface area contributed by atoms with Gasteiger partial charge in [-0.1, -0.05) is 32.9 Å². The van der Waals surface area contributed by atoms with Gasteiger partial charge < -0.3 is 26.6 Å². The second-order valence-electron chi connectivity index (χ2n) is 11.3. The van der Waals surface area contributed by atoms with Crippen LogP contribution >= 0.6 is 15.9 Å². The second kappa shape index (κ2) is 11.5. The summed E-state index contributed by atoms with van der Waals surface area (Å²) in [6, 6.07) is 14.1. The monoisotopic (exact) mass is 589 g/mol. The van der Waals surface area contributed by atoms with E-state index < -0.39 is 0 Å². The summed E-state index contributed by atoms with van der Waals surface area (Å²) in [4.78, 5) is 18.2. The smallest absolute Gasteiger partial charge is 0.223 e. The second-order valence-corrected chi connectivity index (χ2v) is 12.1. The SMILES string of the molecule is CC(=O)N(C)c1cccc([C@H](Nc2cc(Br)c3ncc(C#N)c(NCC(C)(C)C)c3c2)/C(N)=C/NC2CC2)c1. The summed E-state index contributed by atoms with van der Waals surface area (Å²) in [7, 11) is 1.75. The van der Waals surface area contributed by atoms with Gasteiger partial charge in [0.25, 0.3) is 0 Å². The predicted molar refractivity (Wildman–Crippen MR) is 162 cm³/mol. The molecule has 0 aliphatic heterocycles. The number of hydrogen-bond acceptors (Lipinski definition) is 7. The summed E-state index contributed by atoms with van der Waals surface area (Å²) in [6.45, 7) is 8.66. The Balaban J connectivity index is 1.78. The number of aromatic nitrogens is 1. The fraction of sp³-hybridized carbons (Fsp3) is 0.367. The average Bonchev–Trinajstić information content (AvgIpc) is 3.72. The van der Waals surface area contributed by atoms with E-state index in [0.29, 0.717) is 23.8 Å². The molecule has 4 rings (SSSR count). The molecule has 2 aromatic carbocycles. The first-order chi connectivity index (χ1) is 18.5. The van der Waals surface area contributed by atoms with Gasteiger partial charge in [-0.2, -0.15) is 5.26 Å². The highest BCUT2D eigenvalue weighted by atomic mass is 79.9. The van der Waals surface area contributed by atoms with E-state index in [1.807, 2.05) is 42.6 Å². The van der Waals surface area contributed by atoms with Gasteiger partial charge in [0.15, 0.2) is 0 Å². The summed E-state index contributed by atoms with van der Waals surface area (Å²) < 4.78 is 0.799. The molecule has 1 aliphatic carbocycles. The Morgan fingerprint density at radius 3 is 2.69 bits per heavy atom. The molecule has 0 radical (unpaired) electrons. The molecule has 3 aromatic rings. The van der Waals surface area contributed by atoms with Crippen molar-refractivity contribution < 1.29 is 4.79 Å². The van der Waals surface area contributed by atoms with Crippen LogP contribution < -0.4 is 26.6 Å². The Kier molecular flexibility index (Phi) is 8.36. The highest BCUT2D eigenvalue weighted by Crippen LogP contribution is 2.36. The Bertz CT molecular complexity index is 1450. The first kappa shape index (κ1) is 28.2. The molecule has 0 spiro atoms. The molecule has 39 heavy (non-hydrogen) atoms. The van der Waals surface area contributed by atoms with Crippen LogP contribution in [0.4, 0.5) is 17.1 Å². The number of nitrogens with two attached hydrogens (primary N) is 1. The van der Waals surface area contributed by atoms with E-state index in [-0.39, 0.29) is 17.4 Å². The quantitative estimate of drug-likeness (QED) is 0.241. The van der Waals surface area contributed by atoms with Crippen molar-refractivity contribution in [2.45, 2.75) is 52.6 Å². The number of carbonyl (C=O) groups excluding carboxylic acids is 1. The van der Waals surface area contributed by atoms with Crippen LogP contribution in [0.15, 0.2) is 59.0 Å². The Morgan fingerprint density at radius 2 is 2.05 bits per heavy atom. The summed E-state index contributed by atoms with van der Waals surface area (Å²) >= 11 is 3.69. The van der Waals surface area contributed by atoms with Crippen molar-refractivity contribution in [2.75, 3.05) is 29.1 Å². The first-order valence-electron chi connectivity index (χ1n) is 13.1. The number of halogens is 1. The zero-order valence-electron chi connectivity index (χ0n) is 23.1. The molecule has 9 heteroatoms. The van der Waals surface area contributed by atoms with Crippen LogP contribution in [0, 0.1) is 16.7 Å². The number of nitrogens with one attached hydrogen (secondary N) is 3. The lowest BCUT2D eigenvalue weighted by Gasteiger charge is -2.24. The molecule has 5 N–H and O–H groups in total. The number of carbonyl (C=O) groups is 1. The molecular formula is C30H36BrN7O. The molecule has 1 aliphatic rings. The Labute approximate surface area is 238 Å². The molecule has 8 nitrogen and oxygen atoms in total. The third-order valence-electron chi connectivity index (χ3n) is 6.61. The number of pyridine rings is 1. The van der Waals surface area contributed by atoms with E-state index in [9.17, 15) is 10.1 Å². The molecular weight excluding hydrogens is 554 g/mol. The Morgan fingerprint density at radius 1 is 1.31 bits per heavy atom. The topological polar surface area (TPSA) is 119 Å². The molecule has 0 saturated heterocycles. The maximum atomic E-state index is 12.0. The molecule has 0 unspecified atom stereocenters. The van der Waals surface area contributed by atoms with Crippen LogP contribution in [-0.2, 0) is 4.79 Å². The lowest BCUT2D eigenvalue weighted by Crippen LogP contribution is -2.24. The van der Waals surface area contributed by atoms with E-state index in [0.717, 1.165) is 50.8 Å². The number of nitriles is 1. The third kappa shape index (κ3) is 7.01. The standard InChI is InChI=1S/C30H36BrN7O/c1-18(39)38(5)23-8-6-7-19(11-23)28(26(33)16-34-21-9-10-21)37-22-12-24-27(36-17-30(2,3)4)20(14-32)15-35-29(24)25(31)13-22/h6-8,11-13,15-16,21,28,34,37H,9-10,17,33H2,1-5H3,(H,35,36)/b26-16-/t28-/m0/s1. The summed E-state index contributed by atoms with van der Waals surface area (Å²) in [5.41, 5.74) is 11.8. The number of anilines is 3. The minimum absolute atomic E-state index is 0.0202. The summed E-state index contributed by atoms with van der Waals surface area (Å²) in [5, 5.41) is 21.1. The zero-order valence-corrected chi connectivity index (χ0v) is 24.7. The number of nitrogens with zero attached hydrogens (tertiary/aromatic N) is 3. The van der Waals surface area contributed by atoms with Crippen molar-refractivity contribution in [3.8, 4) is 6.07 Å². The number of amides is 1. The van der Waals surface area contributed by atoms with Gasteiger partial charge >= 0.3 is 0 Å². The van der Waals surface area contributed by atoms with E-state index in [1.165, 1.54) is 6.92 Å². The number of rotatable bonds is 9. The van der Waals surface area contributed by atoms with E-state index in [4.69, 9.17) is 5.73 Å². The van der Waals surface area contributed by atoms with Crippen molar-refractivity contribution in [3.63, 3.8) is 0 Å². The molecule has 204 valence electrons. The number of hydrogen-bond donors (Lipinski definition) is 4. The van der Waals surface area contributed by atoms with Crippen LogP contribution in [0.3, 0.4) is 0 Å². The molecule has 1 atom stereocenters. The van der Waals surface area contributed by atoms with Gasteiger partial charge in [-0.15, -0.1) is 0 Å². The highest BCUT2D eigenvalue weighted by molar-refractivity contribution is 9.10. The van der Waals surface area contributed by atoms with Gasteiger partial charge in [-0.3, -0.25) is 9.78 Å². The first-order valence-corrected chi connectivity index (χ1v) is 13.8. The maximum absolute atomic E-state index is 12.0. The van der Waals surface area contributed by atoms with Crippen molar-refractivity contribution >= 4 is 49.8 Å². The van der Waals surface area contributed by atoms with Crippen molar-refractivity contribution in [2.24, 2.45) is 11.1 Å². The number of benzene rings is 2. The summed E-state index contributed by atoms with van der Waals surface area (Å²) in [6.07, 6.45) is 5.75. The lowest BCUT2D eigenvalue weighted by molar-refractivity contribution is -0.116. The molecule has 0 bridgehead atoms. The fourth-order valence-corrected chi connectivity index (χ4v) is 4.70. The van der Waals surface area contributed by atoms with E-state index >= 15 is 0 Å². The van der Waals surface area contributed by atoms with Gasteiger partial charge in [0.05, 0.1) is 28.5 Å². The van der Waals surface area contributed by atoms with Crippen LogP contribution in [0.1, 0.15) is 57.7 Å². The third-order valence-corrected chi connectivity index (χ3v) is 7.22. The zero-order chi connectivity index (χ0) is 28.3. The van der Waals surface area contributed by atoms with E-state index in [2.05, 4.69) is 63.7 Å². The highest BCUT2D eigenvalue weighted by Gasteiger charge is 2.22. The Hall–Kier alpha value is -3.77.